The van der Waals surface area contributed by atoms with Gasteiger partial charge in [0, 0.05) is 0 Å². The number of unbranched alkanes of at least 4 members (excludes halogenated alkanes) is 15. The van der Waals surface area contributed by atoms with E-state index in [2.05, 4.69) is 92.3 Å². The summed E-state index contributed by atoms with van der Waals surface area (Å²) in [6, 6.07) is 32.4. The van der Waals surface area contributed by atoms with Gasteiger partial charge < -0.3 is 0 Å². The minimum atomic E-state index is -1.92. The van der Waals surface area contributed by atoms with E-state index in [1.807, 2.05) is 0 Å². The molecule has 2 atom stereocenters. The molecule has 234 valence electrons. The van der Waals surface area contributed by atoms with Crippen molar-refractivity contribution in [3.05, 3.63) is 90.0 Å². The fourth-order valence-corrected chi connectivity index (χ4v) is 11.7. The number of fused-ring (bicyclic) bond motifs is 3. The quantitative estimate of drug-likeness (QED) is 0.0667. The predicted molar refractivity (Wildman–Crippen MR) is 192 cm³/mol. The van der Waals surface area contributed by atoms with E-state index in [4.69, 9.17) is 27.9 Å². The van der Waals surface area contributed by atoms with Crippen LogP contribution in [-0.2, 0) is 14.7 Å². The normalized spacial score (nSPS) is 14.8. The number of benzene rings is 3. The molecule has 0 bridgehead atoms. The summed E-state index contributed by atoms with van der Waals surface area (Å²) in [6.45, 7) is 4.96. The first-order valence-electron chi connectivity index (χ1n) is 17.0. The van der Waals surface area contributed by atoms with Crippen LogP contribution in [0.3, 0.4) is 0 Å². The minimum absolute atomic E-state index is 0.503. The second-order valence-electron chi connectivity index (χ2n) is 12.6. The van der Waals surface area contributed by atoms with Crippen molar-refractivity contribution in [1.82, 2.24) is 0 Å². The van der Waals surface area contributed by atoms with Gasteiger partial charge in [-0.2, -0.15) is 24.3 Å². The van der Waals surface area contributed by atoms with Crippen molar-refractivity contribution in [2.45, 2.75) is 128 Å². The van der Waals surface area contributed by atoms with Gasteiger partial charge in [-0.1, -0.05) is 188 Å². The third-order valence-corrected chi connectivity index (χ3v) is 14.3. The Morgan fingerprint density at radius 3 is 1.63 bits per heavy atom. The van der Waals surface area contributed by atoms with Gasteiger partial charge in [0.05, 0.1) is 8.07 Å². The van der Waals surface area contributed by atoms with Crippen LogP contribution in [0.5, 0.6) is 0 Å². The van der Waals surface area contributed by atoms with E-state index in [1.165, 1.54) is 125 Å². The van der Waals surface area contributed by atoms with E-state index < -0.39 is 22.8 Å². The summed E-state index contributed by atoms with van der Waals surface area (Å²) in [5, 5.41) is 1.61. The van der Waals surface area contributed by atoms with Crippen LogP contribution < -0.4 is 5.19 Å². The Labute approximate surface area is 282 Å². The van der Waals surface area contributed by atoms with Crippen molar-refractivity contribution in [3.8, 4) is 11.1 Å². The molecule has 0 aromatic heterocycles. The summed E-state index contributed by atoms with van der Waals surface area (Å²) in [6.07, 6.45) is 22.9. The fraction of sp³-hybridized carbons (Fsp3) is 0.526. The number of hydrogen-bond donors (Lipinski definition) is 0. The Balaban J connectivity index is 0.00000119. The second-order valence-corrected chi connectivity index (χ2v) is 24.8. The summed E-state index contributed by atoms with van der Waals surface area (Å²) in [5.41, 5.74) is 6.36. The van der Waals surface area contributed by atoms with Gasteiger partial charge in [0.2, 0.25) is 0 Å². The van der Waals surface area contributed by atoms with Gasteiger partial charge in [0.25, 0.3) is 0 Å². The van der Waals surface area contributed by atoms with Crippen LogP contribution in [0.4, 0.5) is 0 Å². The molecule has 3 aromatic rings. The first-order valence-corrected chi connectivity index (χ1v) is 26.2. The van der Waals surface area contributed by atoms with Crippen molar-refractivity contribution < 1.29 is 14.7 Å². The van der Waals surface area contributed by atoms with Crippen molar-refractivity contribution in [2.75, 3.05) is 0 Å². The van der Waals surface area contributed by atoms with E-state index in [9.17, 15) is 0 Å². The Bertz CT molecular complexity index is 1110. The van der Waals surface area contributed by atoms with Crippen LogP contribution in [0, 0.1) is 6.07 Å². The molecule has 0 spiro atoms. The number of hydrogen-bond acceptors (Lipinski definition) is 0. The zero-order valence-electron chi connectivity index (χ0n) is 26.7. The molecule has 0 heterocycles. The van der Waals surface area contributed by atoms with Gasteiger partial charge in [0.1, 0.15) is 0 Å². The third kappa shape index (κ3) is 12.3. The zero-order chi connectivity index (χ0) is 30.8. The molecule has 0 saturated heterocycles. The molecule has 5 heteroatoms. The molecule has 43 heavy (non-hydrogen) atoms. The van der Waals surface area contributed by atoms with Crippen molar-refractivity contribution in [2.24, 2.45) is 0 Å². The van der Waals surface area contributed by atoms with Crippen molar-refractivity contribution >= 4 is 41.2 Å². The van der Waals surface area contributed by atoms with E-state index >= 15 is 0 Å². The molecule has 0 fully saturated rings. The monoisotopic (exact) mass is 690 g/mol. The number of halogens is 3. The summed E-state index contributed by atoms with van der Waals surface area (Å²) in [5.74, 6) is 0. The van der Waals surface area contributed by atoms with Gasteiger partial charge in [-0.25, -0.2) is 0 Å². The molecule has 2 unspecified atom stereocenters. The molecule has 0 amide bonds. The topological polar surface area (TPSA) is 0 Å². The Kier molecular flexibility index (Phi) is 18.3. The van der Waals surface area contributed by atoms with Gasteiger partial charge in [0.15, 0.2) is 0 Å². The summed E-state index contributed by atoms with van der Waals surface area (Å²) < 4.78 is 0. The molecule has 0 N–H and O–H groups in total. The average Bonchev–Trinajstić information content (AvgIpc) is 3.36. The molecule has 4 rings (SSSR count). The van der Waals surface area contributed by atoms with Crippen LogP contribution in [0.25, 0.3) is 11.1 Å². The van der Waals surface area contributed by atoms with Crippen LogP contribution in [0.15, 0.2) is 72.8 Å². The predicted octanol–water partition coefficient (Wildman–Crippen LogP) is 13.5. The maximum absolute atomic E-state index is 4.97. The van der Waals surface area contributed by atoms with Gasteiger partial charge in [-0.05, 0) is 11.1 Å². The fourth-order valence-electron chi connectivity index (χ4n) is 7.05. The van der Waals surface area contributed by atoms with Crippen LogP contribution in [0.2, 0.25) is 12.6 Å². The maximum atomic E-state index is 4.97. The second kappa shape index (κ2) is 21.3. The van der Waals surface area contributed by atoms with Gasteiger partial charge in [-0.15, -0.1) is 11.1 Å². The SMILES string of the molecule is CCCCCCCCCCCCCCCCCC[Si](C)(c1ccccc1)C1c2[c-]cccc2-c2ccccc21.[Cl][Ti+]([Cl])[Cl]. The van der Waals surface area contributed by atoms with E-state index in [0.29, 0.717) is 5.54 Å². The average molecular weight is 692 g/mol. The third-order valence-electron chi connectivity index (χ3n) is 9.36. The Morgan fingerprint density at radius 1 is 0.605 bits per heavy atom. The van der Waals surface area contributed by atoms with Crippen LogP contribution in [0.1, 0.15) is 126 Å². The molecular formula is C38H53Cl3SiTi. The van der Waals surface area contributed by atoms with E-state index in [1.54, 1.807) is 10.8 Å². The summed E-state index contributed by atoms with van der Waals surface area (Å²) in [4.78, 5) is 0. The zero-order valence-corrected chi connectivity index (χ0v) is 31.5. The van der Waals surface area contributed by atoms with Crippen LogP contribution in [-0.4, -0.2) is 8.07 Å². The van der Waals surface area contributed by atoms with Crippen molar-refractivity contribution in [1.29, 1.82) is 0 Å². The van der Waals surface area contributed by atoms with Crippen molar-refractivity contribution in [3.63, 3.8) is 0 Å². The summed E-state index contributed by atoms with van der Waals surface area (Å²) in [7, 11) is 13.1. The molecule has 0 saturated carbocycles. The van der Waals surface area contributed by atoms with E-state index in [0.717, 1.165) is 0 Å². The molecule has 0 aliphatic heterocycles. The van der Waals surface area contributed by atoms with E-state index in [-0.39, 0.29) is 0 Å². The molecule has 0 radical (unpaired) electrons. The molecular weight excluding hydrogens is 639 g/mol. The van der Waals surface area contributed by atoms with Gasteiger partial charge >= 0.3 is 42.6 Å². The standard InChI is InChI=1S/C38H53Si.3ClH.Ti/c1-3-4-5-6-7-8-9-10-11-12-13-14-15-16-17-25-32-39(2,33-26-19-18-20-27-33)38-36-30-23-21-28-34(36)35-29-22-24-31-37(35)38;;;;/h18-24,26-30,38H,3-17,25,32H2,1-2H3;3*1H;/q-1;;;;+4/p-3. The number of rotatable bonds is 19. The molecule has 0 nitrogen and oxygen atoms in total. The van der Waals surface area contributed by atoms with Crippen LogP contribution >= 0.6 is 27.9 Å². The first-order chi connectivity index (χ1) is 21.0. The Hall–Kier alpha value is -0.539. The summed E-state index contributed by atoms with van der Waals surface area (Å²) >= 11 is -1.92. The first kappa shape index (κ1) is 36.9. The molecule has 1 aliphatic rings. The Morgan fingerprint density at radius 2 is 1.07 bits per heavy atom. The molecule has 3 aromatic carbocycles. The van der Waals surface area contributed by atoms with Gasteiger partial charge in [-0.3, -0.25) is 0 Å². The molecule has 1 aliphatic carbocycles.